The Hall–Kier alpha value is -1.84. The third kappa shape index (κ3) is 1.78. The lowest BCUT2D eigenvalue weighted by atomic mass is 10.0. The van der Waals surface area contributed by atoms with Gasteiger partial charge in [0.25, 0.3) is 0 Å². The number of nitrogens with zero attached hydrogens (tertiary/aromatic N) is 3. The quantitative estimate of drug-likeness (QED) is 0.898. The number of anilines is 1. The van der Waals surface area contributed by atoms with E-state index in [9.17, 15) is 0 Å². The first-order valence-corrected chi connectivity index (χ1v) is 6.52. The number of hydrogen-bond acceptors (Lipinski definition) is 3. The van der Waals surface area contributed by atoms with Gasteiger partial charge in [0.15, 0.2) is 5.82 Å². The van der Waals surface area contributed by atoms with Crippen LogP contribution < -0.4 is 5.32 Å². The van der Waals surface area contributed by atoms with E-state index in [1.165, 1.54) is 11.3 Å². The molecule has 18 heavy (non-hydrogen) atoms. The van der Waals surface area contributed by atoms with Crippen molar-refractivity contribution in [2.45, 2.75) is 25.7 Å². The molecular weight excluding hydrogens is 224 g/mol. The number of fused-ring (bicyclic) bond motifs is 1. The Labute approximate surface area is 107 Å². The normalized spacial score (nSPS) is 17.6. The van der Waals surface area contributed by atoms with Crippen LogP contribution in [0.4, 0.5) is 5.69 Å². The summed E-state index contributed by atoms with van der Waals surface area (Å²) in [7, 11) is 1.99. The average Bonchev–Trinajstić information content (AvgIpc) is 2.93. The Kier molecular flexibility index (Phi) is 2.78. The van der Waals surface area contributed by atoms with Gasteiger partial charge in [-0.05, 0) is 18.1 Å². The van der Waals surface area contributed by atoms with E-state index >= 15 is 0 Å². The Morgan fingerprint density at radius 1 is 1.39 bits per heavy atom. The zero-order valence-electron chi connectivity index (χ0n) is 10.8. The van der Waals surface area contributed by atoms with Crippen molar-refractivity contribution in [2.24, 2.45) is 7.05 Å². The van der Waals surface area contributed by atoms with Crippen LogP contribution in [0.5, 0.6) is 0 Å². The van der Waals surface area contributed by atoms with Gasteiger partial charge in [-0.2, -0.15) is 5.10 Å². The van der Waals surface area contributed by atoms with Crippen LogP contribution in [0, 0.1) is 0 Å². The van der Waals surface area contributed by atoms with Gasteiger partial charge in [0.1, 0.15) is 5.82 Å². The van der Waals surface area contributed by atoms with E-state index in [4.69, 9.17) is 4.98 Å². The van der Waals surface area contributed by atoms with Crippen LogP contribution in [0.2, 0.25) is 0 Å². The lowest BCUT2D eigenvalue weighted by Crippen LogP contribution is -2.10. The molecule has 4 heteroatoms. The molecule has 2 heterocycles. The van der Waals surface area contributed by atoms with E-state index < -0.39 is 0 Å². The molecule has 1 aliphatic rings. The van der Waals surface area contributed by atoms with Crippen molar-refractivity contribution in [3.63, 3.8) is 0 Å². The van der Waals surface area contributed by atoms with Crippen molar-refractivity contribution in [1.82, 2.24) is 14.8 Å². The molecule has 1 unspecified atom stereocenters. The maximum atomic E-state index is 4.69. The van der Waals surface area contributed by atoms with Crippen molar-refractivity contribution >= 4 is 5.69 Å². The van der Waals surface area contributed by atoms with E-state index in [1.807, 2.05) is 11.7 Å². The molecule has 2 aromatic rings. The summed E-state index contributed by atoms with van der Waals surface area (Å²) < 4.78 is 1.93. The van der Waals surface area contributed by atoms with Gasteiger partial charge in [-0.1, -0.05) is 25.1 Å². The van der Waals surface area contributed by atoms with Crippen molar-refractivity contribution in [3.8, 4) is 0 Å². The van der Waals surface area contributed by atoms with Crippen LogP contribution in [0.25, 0.3) is 0 Å². The number of hydrogen-bond donors (Lipinski definition) is 1. The Balaban J connectivity index is 1.97. The van der Waals surface area contributed by atoms with Gasteiger partial charge in [-0.3, -0.25) is 4.68 Å². The fraction of sp³-hybridized carbons (Fsp3) is 0.429. The third-order valence-electron chi connectivity index (χ3n) is 3.46. The van der Waals surface area contributed by atoms with Crippen LogP contribution in [0.1, 0.15) is 36.5 Å². The zero-order valence-corrected chi connectivity index (χ0v) is 10.8. The van der Waals surface area contributed by atoms with Crippen molar-refractivity contribution in [1.29, 1.82) is 0 Å². The largest absolute Gasteiger partial charge is 0.384 e. The predicted octanol–water partition coefficient (Wildman–Crippen LogP) is 2.33. The standard InChI is InChI=1S/C14H18N4/c1-3-6-13-16-14(18(2)17-13)11-9-15-12-8-5-4-7-10(11)12/h4-5,7-8,11,15H,3,6,9H2,1-2H3. The lowest BCUT2D eigenvalue weighted by Gasteiger charge is -2.08. The Morgan fingerprint density at radius 2 is 2.22 bits per heavy atom. The van der Waals surface area contributed by atoms with Gasteiger partial charge in [0, 0.05) is 25.7 Å². The molecule has 3 rings (SSSR count). The topological polar surface area (TPSA) is 42.7 Å². The molecule has 0 bridgehead atoms. The zero-order chi connectivity index (χ0) is 12.5. The van der Waals surface area contributed by atoms with Gasteiger partial charge in [0.2, 0.25) is 0 Å². The van der Waals surface area contributed by atoms with Gasteiger partial charge in [-0.25, -0.2) is 4.98 Å². The molecule has 0 spiro atoms. The molecule has 0 amide bonds. The smallest absolute Gasteiger partial charge is 0.150 e. The molecule has 1 aliphatic heterocycles. The SMILES string of the molecule is CCCc1nc(C2CNc3ccccc32)n(C)n1. The van der Waals surface area contributed by atoms with E-state index in [0.717, 1.165) is 31.0 Å². The summed E-state index contributed by atoms with van der Waals surface area (Å²) in [6.07, 6.45) is 2.04. The number of benzene rings is 1. The highest BCUT2D eigenvalue weighted by atomic mass is 15.3. The molecule has 4 nitrogen and oxygen atoms in total. The summed E-state index contributed by atoms with van der Waals surface area (Å²) in [4.78, 5) is 4.69. The van der Waals surface area contributed by atoms with Gasteiger partial charge >= 0.3 is 0 Å². The molecule has 0 aliphatic carbocycles. The number of aryl methyl sites for hydroxylation is 2. The highest BCUT2D eigenvalue weighted by Crippen LogP contribution is 2.34. The first-order chi connectivity index (χ1) is 8.79. The first kappa shape index (κ1) is 11.3. The van der Waals surface area contributed by atoms with E-state index in [-0.39, 0.29) is 0 Å². The second-order valence-electron chi connectivity index (χ2n) is 4.78. The number of rotatable bonds is 3. The van der Waals surface area contributed by atoms with Crippen LogP contribution >= 0.6 is 0 Å². The number of nitrogens with one attached hydrogen (secondary N) is 1. The number of para-hydroxylation sites is 1. The Bertz CT molecular complexity index is 559. The minimum absolute atomic E-state index is 0.323. The van der Waals surface area contributed by atoms with Crippen LogP contribution in [0.3, 0.4) is 0 Å². The lowest BCUT2D eigenvalue weighted by molar-refractivity contribution is 0.665. The average molecular weight is 242 g/mol. The molecular formula is C14H18N4. The molecule has 94 valence electrons. The third-order valence-corrected chi connectivity index (χ3v) is 3.46. The second-order valence-corrected chi connectivity index (χ2v) is 4.78. The van der Waals surface area contributed by atoms with E-state index in [2.05, 4.69) is 41.6 Å². The first-order valence-electron chi connectivity index (χ1n) is 6.52. The minimum Gasteiger partial charge on any atom is -0.384 e. The summed E-state index contributed by atoms with van der Waals surface area (Å²) in [5.41, 5.74) is 2.55. The summed E-state index contributed by atoms with van der Waals surface area (Å²) in [5.74, 6) is 2.35. The monoisotopic (exact) mass is 242 g/mol. The molecule has 0 saturated carbocycles. The fourth-order valence-electron chi connectivity index (χ4n) is 2.60. The van der Waals surface area contributed by atoms with Crippen LogP contribution in [-0.4, -0.2) is 21.3 Å². The summed E-state index contributed by atoms with van der Waals surface area (Å²) >= 11 is 0. The van der Waals surface area contributed by atoms with Crippen molar-refractivity contribution in [2.75, 3.05) is 11.9 Å². The van der Waals surface area contributed by atoms with Crippen molar-refractivity contribution in [3.05, 3.63) is 41.5 Å². The minimum atomic E-state index is 0.323. The van der Waals surface area contributed by atoms with Crippen LogP contribution in [-0.2, 0) is 13.5 Å². The van der Waals surface area contributed by atoms with E-state index in [0.29, 0.717) is 5.92 Å². The summed E-state index contributed by atoms with van der Waals surface area (Å²) in [5, 5.41) is 7.93. The fourth-order valence-corrected chi connectivity index (χ4v) is 2.60. The molecule has 1 atom stereocenters. The maximum Gasteiger partial charge on any atom is 0.150 e. The predicted molar refractivity (Wildman–Crippen MR) is 71.8 cm³/mol. The second kappa shape index (κ2) is 4.44. The molecule has 1 aromatic carbocycles. The van der Waals surface area contributed by atoms with E-state index in [1.54, 1.807) is 0 Å². The van der Waals surface area contributed by atoms with Crippen LogP contribution in [0.15, 0.2) is 24.3 Å². The number of aromatic nitrogens is 3. The van der Waals surface area contributed by atoms with Gasteiger partial charge in [-0.15, -0.1) is 0 Å². The Morgan fingerprint density at radius 3 is 3.06 bits per heavy atom. The highest BCUT2D eigenvalue weighted by Gasteiger charge is 2.27. The summed E-state index contributed by atoms with van der Waals surface area (Å²) in [6, 6.07) is 8.45. The summed E-state index contributed by atoms with van der Waals surface area (Å²) in [6.45, 7) is 3.07. The molecule has 0 saturated heterocycles. The molecule has 1 aromatic heterocycles. The van der Waals surface area contributed by atoms with Crippen molar-refractivity contribution < 1.29 is 0 Å². The molecule has 0 fully saturated rings. The molecule has 0 radical (unpaired) electrons. The van der Waals surface area contributed by atoms with Gasteiger partial charge in [0.05, 0.1) is 5.92 Å². The van der Waals surface area contributed by atoms with Gasteiger partial charge < -0.3 is 5.32 Å². The maximum absolute atomic E-state index is 4.69. The molecule has 1 N–H and O–H groups in total. The highest BCUT2D eigenvalue weighted by molar-refractivity contribution is 5.59.